The van der Waals surface area contributed by atoms with Crippen molar-refractivity contribution in [3.05, 3.63) is 65.7 Å². The summed E-state index contributed by atoms with van der Waals surface area (Å²) < 4.78 is 5.55. The Hall–Kier alpha value is -2.33. The van der Waals surface area contributed by atoms with Gasteiger partial charge >= 0.3 is 0 Å². The van der Waals surface area contributed by atoms with Crippen LogP contribution in [-0.4, -0.2) is 49.5 Å². The number of benzene rings is 2. The van der Waals surface area contributed by atoms with Gasteiger partial charge in [0.05, 0.1) is 13.2 Å². The third kappa shape index (κ3) is 4.33. The van der Waals surface area contributed by atoms with E-state index in [1.807, 2.05) is 41.3 Å². The van der Waals surface area contributed by atoms with E-state index < -0.39 is 0 Å². The summed E-state index contributed by atoms with van der Waals surface area (Å²) in [6.07, 6.45) is 0.513. The van der Waals surface area contributed by atoms with Crippen LogP contribution >= 0.6 is 0 Å². The zero-order valence-electron chi connectivity index (χ0n) is 16.8. The average Bonchev–Trinajstić information content (AvgIpc) is 2.68. The lowest BCUT2D eigenvalue weighted by Gasteiger charge is -2.41. The molecule has 0 bridgehead atoms. The van der Waals surface area contributed by atoms with Crippen LogP contribution in [0.3, 0.4) is 0 Å². The molecular weight excluding hydrogens is 336 g/mol. The number of carbonyl (C=O) groups is 1. The SMILES string of the molecule is COc1ccccc1C1CN(C(=O)CC(C)(C)c2ccccc2)CCN1C. The lowest BCUT2D eigenvalue weighted by molar-refractivity contribution is -0.135. The van der Waals surface area contributed by atoms with E-state index in [1.54, 1.807) is 7.11 Å². The lowest BCUT2D eigenvalue weighted by atomic mass is 9.81. The summed E-state index contributed by atoms with van der Waals surface area (Å²) in [5.41, 5.74) is 2.16. The van der Waals surface area contributed by atoms with Crippen LogP contribution in [0.15, 0.2) is 54.6 Å². The second-order valence-corrected chi connectivity index (χ2v) is 8.00. The molecule has 1 atom stereocenters. The highest BCUT2D eigenvalue weighted by Crippen LogP contribution is 2.33. The number of piperazine rings is 1. The Labute approximate surface area is 162 Å². The van der Waals surface area contributed by atoms with Gasteiger partial charge in [0.2, 0.25) is 5.91 Å². The van der Waals surface area contributed by atoms with Crippen molar-refractivity contribution in [3.8, 4) is 5.75 Å². The van der Waals surface area contributed by atoms with Crippen LogP contribution in [0.25, 0.3) is 0 Å². The van der Waals surface area contributed by atoms with E-state index in [-0.39, 0.29) is 17.4 Å². The highest BCUT2D eigenvalue weighted by molar-refractivity contribution is 5.78. The number of para-hydroxylation sites is 1. The zero-order valence-corrected chi connectivity index (χ0v) is 16.8. The number of ether oxygens (including phenoxy) is 1. The topological polar surface area (TPSA) is 32.8 Å². The van der Waals surface area contributed by atoms with Crippen LogP contribution in [0.4, 0.5) is 0 Å². The number of amides is 1. The van der Waals surface area contributed by atoms with Crippen LogP contribution in [0.2, 0.25) is 0 Å². The molecule has 0 N–H and O–H groups in total. The maximum absolute atomic E-state index is 13.1. The molecule has 4 nitrogen and oxygen atoms in total. The molecule has 0 aromatic heterocycles. The maximum Gasteiger partial charge on any atom is 0.223 e. The maximum atomic E-state index is 13.1. The molecule has 27 heavy (non-hydrogen) atoms. The van der Waals surface area contributed by atoms with E-state index >= 15 is 0 Å². The second kappa shape index (κ2) is 8.13. The fraction of sp³-hybridized carbons (Fsp3) is 0.435. The van der Waals surface area contributed by atoms with Crippen LogP contribution < -0.4 is 4.74 Å². The van der Waals surface area contributed by atoms with Gasteiger partial charge in [0.15, 0.2) is 0 Å². The molecule has 1 aliphatic heterocycles. The van der Waals surface area contributed by atoms with E-state index in [0.717, 1.165) is 24.4 Å². The van der Waals surface area contributed by atoms with E-state index in [0.29, 0.717) is 13.0 Å². The first-order chi connectivity index (χ1) is 12.9. The Balaban J connectivity index is 1.74. The van der Waals surface area contributed by atoms with Gasteiger partial charge in [-0.2, -0.15) is 0 Å². The summed E-state index contributed by atoms with van der Waals surface area (Å²) in [6, 6.07) is 18.6. The quantitative estimate of drug-likeness (QED) is 0.805. The van der Waals surface area contributed by atoms with E-state index in [1.165, 1.54) is 5.56 Å². The number of hydrogen-bond donors (Lipinski definition) is 0. The Kier molecular flexibility index (Phi) is 5.85. The van der Waals surface area contributed by atoms with Gasteiger partial charge in [-0.3, -0.25) is 9.69 Å². The number of hydrogen-bond acceptors (Lipinski definition) is 3. The third-order valence-corrected chi connectivity index (χ3v) is 5.65. The van der Waals surface area contributed by atoms with Crippen molar-refractivity contribution in [2.75, 3.05) is 33.8 Å². The molecule has 4 heteroatoms. The summed E-state index contributed by atoms with van der Waals surface area (Å²) in [7, 11) is 3.82. The molecule has 1 amide bonds. The Morgan fingerprint density at radius 1 is 1.07 bits per heavy atom. The summed E-state index contributed by atoms with van der Waals surface area (Å²) >= 11 is 0. The molecule has 1 fully saturated rings. The van der Waals surface area contributed by atoms with Gasteiger partial charge in [0, 0.05) is 31.6 Å². The minimum atomic E-state index is -0.179. The van der Waals surface area contributed by atoms with Crippen LogP contribution in [-0.2, 0) is 10.2 Å². The summed E-state index contributed by atoms with van der Waals surface area (Å²) in [5, 5.41) is 0. The molecule has 1 saturated heterocycles. The predicted molar refractivity (Wildman–Crippen MR) is 109 cm³/mol. The molecular formula is C23H30N2O2. The monoisotopic (exact) mass is 366 g/mol. The van der Waals surface area contributed by atoms with Crippen LogP contribution in [0.1, 0.15) is 37.4 Å². The number of carbonyl (C=O) groups excluding carboxylic acids is 1. The van der Waals surface area contributed by atoms with Crippen molar-refractivity contribution in [3.63, 3.8) is 0 Å². The first kappa shape index (κ1) is 19.4. The van der Waals surface area contributed by atoms with E-state index in [2.05, 4.69) is 44.0 Å². The van der Waals surface area contributed by atoms with Crippen molar-refractivity contribution in [2.45, 2.75) is 31.7 Å². The summed E-state index contributed by atoms with van der Waals surface area (Å²) in [4.78, 5) is 17.4. The minimum absolute atomic E-state index is 0.152. The molecule has 1 unspecified atom stereocenters. The zero-order chi connectivity index (χ0) is 19.4. The number of likely N-dealkylation sites (N-methyl/N-ethyl adjacent to an activating group) is 1. The molecule has 1 aliphatic rings. The largest absolute Gasteiger partial charge is 0.496 e. The van der Waals surface area contributed by atoms with Crippen molar-refractivity contribution in [1.82, 2.24) is 9.80 Å². The van der Waals surface area contributed by atoms with E-state index in [4.69, 9.17) is 4.74 Å². The van der Waals surface area contributed by atoms with Gasteiger partial charge in [0.1, 0.15) is 5.75 Å². The highest BCUT2D eigenvalue weighted by atomic mass is 16.5. The fourth-order valence-electron chi connectivity index (χ4n) is 3.86. The summed E-state index contributed by atoms with van der Waals surface area (Å²) in [6.45, 7) is 6.62. The normalized spacial score (nSPS) is 18.4. The first-order valence-corrected chi connectivity index (χ1v) is 9.59. The average molecular weight is 367 g/mol. The van der Waals surface area contributed by atoms with Gasteiger partial charge in [-0.1, -0.05) is 62.4 Å². The van der Waals surface area contributed by atoms with E-state index in [9.17, 15) is 4.79 Å². The van der Waals surface area contributed by atoms with Crippen molar-refractivity contribution >= 4 is 5.91 Å². The van der Waals surface area contributed by atoms with Crippen LogP contribution in [0.5, 0.6) is 5.75 Å². The number of rotatable bonds is 5. The fourth-order valence-corrected chi connectivity index (χ4v) is 3.86. The Morgan fingerprint density at radius 2 is 1.74 bits per heavy atom. The van der Waals surface area contributed by atoms with Gasteiger partial charge in [-0.05, 0) is 24.1 Å². The molecule has 0 radical (unpaired) electrons. The molecule has 0 saturated carbocycles. The van der Waals surface area contributed by atoms with Crippen molar-refractivity contribution < 1.29 is 9.53 Å². The van der Waals surface area contributed by atoms with Gasteiger partial charge in [-0.25, -0.2) is 0 Å². The van der Waals surface area contributed by atoms with Crippen LogP contribution in [0, 0.1) is 0 Å². The molecule has 2 aromatic rings. The predicted octanol–water partition coefficient (Wildman–Crippen LogP) is 3.88. The third-order valence-electron chi connectivity index (χ3n) is 5.65. The Bertz CT molecular complexity index is 773. The van der Waals surface area contributed by atoms with Crippen molar-refractivity contribution in [2.24, 2.45) is 0 Å². The molecule has 2 aromatic carbocycles. The van der Waals surface area contributed by atoms with Crippen molar-refractivity contribution in [1.29, 1.82) is 0 Å². The molecule has 0 spiro atoms. The summed E-state index contributed by atoms with van der Waals surface area (Å²) in [5.74, 6) is 1.10. The van der Waals surface area contributed by atoms with Gasteiger partial charge in [-0.15, -0.1) is 0 Å². The first-order valence-electron chi connectivity index (χ1n) is 9.59. The second-order valence-electron chi connectivity index (χ2n) is 8.00. The minimum Gasteiger partial charge on any atom is -0.496 e. The Morgan fingerprint density at radius 3 is 2.44 bits per heavy atom. The molecule has 144 valence electrons. The molecule has 0 aliphatic carbocycles. The molecule has 1 heterocycles. The lowest BCUT2D eigenvalue weighted by Crippen LogP contribution is -2.50. The van der Waals surface area contributed by atoms with Gasteiger partial charge in [0.25, 0.3) is 0 Å². The standard InChI is InChI=1S/C23H30N2O2/c1-23(2,18-10-6-5-7-11-18)16-22(26)25-15-14-24(3)20(17-25)19-12-8-9-13-21(19)27-4/h5-13,20H,14-17H2,1-4H3. The highest BCUT2D eigenvalue weighted by Gasteiger charge is 2.33. The number of nitrogens with zero attached hydrogens (tertiary/aromatic N) is 2. The number of methoxy groups -OCH3 is 1. The molecule has 3 rings (SSSR count). The smallest absolute Gasteiger partial charge is 0.223 e. The van der Waals surface area contributed by atoms with Gasteiger partial charge < -0.3 is 9.64 Å².